The second-order valence-corrected chi connectivity index (χ2v) is 4.38. The summed E-state index contributed by atoms with van der Waals surface area (Å²) in [5, 5.41) is 22.3. The van der Waals surface area contributed by atoms with Gasteiger partial charge in [-0.25, -0.2) is 0 Å². The van der Waals surface area contributed by atoms with Crippen LogP contribution >= 0.6 is 11.6 Å². The molecule has 0 bridgehead atoms. The fourth-order valence-electron chi connectivity index (χ4n) is 0.533. The Morgan fingerprint density at radius 2 is 1.42 bits per heavy atom. The van der Waals surface area contributed by atoms with Crippen molar-refractivity contribution in [3.63, 3.8) is 0 Å². The molecule has 12 heavy (non-hydrogen) atoms. The van der Waals surface area contributed by atoms with Crippen LogP contribution in [0.5, 0.6) is 0 Å². The molecule has 0 aliphatic heterocycles. The third kappa shape index (κ3) is 9.18. The first-order chi connectivity index (χ1) is 5.52. The number of hydrogen-bond acceptors (Lipinski definition) is 3. The van der Waals surface area contributed by atoms with E-state index >= 15 is 0 Å². The van der Waals surface area contributed by atoms with Crippen molar-refractivity contribution in [2.24, 2.45) is 0 Å². The molecule has 0 amide bonds. The third-order valence-electron chi connectivity index (χ3n) is 1.01. The van der Waals surface area contributed by atoms with Crippen molar-refractivity contribution in [3.05, 3.63) is 29.3 Å². The molecule has 0 fully saturated rings. The molecule has 3 nitrogen and oxygen atoms in total. The van der Waals surface area contributed by atoms with Crippen molar-refractivity contribution in [2.75, 3.05) is 0 Å². The predicted octanol–water partition coefficient (Wildman–Crippen LogP) is -0.918. The summed E-state index contributed by atoms with van der Waals surface area (Å²) in [5.74, 6) is 0. The number of rotatable bonds is 0. The van der Waals surface area contributed by atoms with Gasteiger partial charge in [0.2, 0.25) is 0 Å². The SMILES string of the molecule is Clc1cc[c]([K])cc1.OB(O)O. The molecule has 0 aliphatic carbocycles. The van der Waals surface area contributed by atoms with Crippen LogP contribution < -0.4 is -0.342 Å². The fourth-order valence-corrected chi connectivity index (χ4v) is 1.18. The van der Waals surface area contributed by atoms with Gasteiger partial charge in [0.25, 0.3) is 0 Å². The summed E-state index contributed by atoms with van der Waals surface area (Å²) < 4.78 is 1.43. The Balaban J connectivity index is 0.000000261. The molecule has 1 aromatic rings. The minimum atomic E-state index is -2.17. The standard InChI is InChI=1S/C6H4Cl.BH3O3.K/c7-6-4-2-1-3-5-6;2-1(3)4;/h2-5H;2-4H;. The molecular weight excluding hydrogens is 205 g/mol. The molecule has 0 spiro atoms. The van der Waals surface area contributed by atoms with Gasteiger partial charge in [0.1, 0.15) is 0 Å². The van der Waals surface area contributed by atoms with Crippen LogP contribution in [0.25, 0.3) is 0 Å². The fraction of sp³-hybridized carbons (Fsp3) is 0. The van der Waals surface area contributed by atoms with E-state index in [1.54, 1.807) is 0 Å². The molecule has 1 rings (SSSR count). The van der Waals surface area contributed by atoms with Crippen molar-refractivity contribution in [3.8, 4) is 0 Å². The van der Waals surface area contributed by atoms with E-state index < -0.39 is 7.32 Å². The van der Waals surface area contributed by atoms with E-state index in [4.69, 9.17) is 26.7 Å². The van der Waals surface area contributed by atoms with Crippen LogP contribution in [-0.4, -0.2) is 71.3 Å². The number of hydrogen-bond donors (Lipinski definition) is 3. The van der Waals surface area contributed by atoms with Gasteiger partial charge in [0, 0.05) is 0 Å². The van der Waals surface area contributed by atoms with Crippen LogP contribution in [0.4, 0.5) is 0 Å². The minimum absolute atomic E-state index is 0.789. The van der Waals surface area contributed by atoms with Gasteiger partial charge >= 0.3 is 96.8 Å². The van der Waals surface area contributed by atoms with Gasteiger partial charge in [0.05, 0.1) is 0 Å². The maximum atomic E-state index is 7.17. The molecule has 3 N–H and O–H groups in total. The summed E-state index contributed by atoms with van der Waals surface area (Å²) in [6.45, 7) is 0. The first-order valence-corrected chi connectivity index (χ1v) is 5.22. The normalized spacial score (nSPS) is 8.50. The van der Waals surface area contributed by atoms with E-state index in [2.05, 4.69) is 12.1 Å². The molecule has 0 saturated heterocycles. The van der Waals surface area contributed by atoms with Crippen LogP contribution in [0.1, 0.15) is 0 Å². The van der Waals surface area contributed by atoms with Crippen LogP contribution in [0.3, 0.4) is 0 Å². The first kappa shape index (κ1) is 13.1. The van der Waals surface area contributed by atoms with Crippen molar-refractivity contribution in [2.45, 2.75) is 0 Å². The summed E-state index contributed by atoms with van der Waals surface area (Å²) in [6, 6.07) is 8.01. The van der Waals surface area contributed by atoms with Crippen molar-refractivity contribution >= 4 is 67.5 Å². The van der Waals surface area contributed by atoms with E-state index in [0.29, 0.717) is 0 Å². The van der Waals surface area contributed by atoms with Gasteiger partial charge in [-0.05, 0) is 0 Å². The molecule has 0 saturated carbocycles. The van der Waals surface area contributed by atoms with Crippen LogP contribution in [-0.2, 0) is 0 Å². The molecule has 0 unspecified atom stereocenters. The Morgan fingerprint density at radius 1 is 1.08 bits per heavy atom. The molecule has 0 radical (unpaired) electrons. The summed E-state index contributed by atoms with van der Waals surface area (Å²) in [6.07, 6.45) is 0. The van der Waals surface area contributed by atoms with Gasteiger partial charge in [0.15, 0.2) is 0 Å². The van der Waals surface area contributed by atoms with Gasteiger partial charge in [-0.2, -0.15) is 0 Å². The number of halogens is 1. The average Bonchev–Trinajstić information content (AvgIpc) is 1.94. The maximum Gasteiger partial charge on any atom is 0.631 e. The zero-order valence-corrected chi connectivity index (χ0v) is 10.5. The van der Waals surface area contributed by atoms with Crippen LogP contribution in [0.15, 0.2) is 24.3 Å². The smallest absolute Gasteiger partial charge is 0.402 e. The Morgan fingerprint density at radius 3 is 1.67 bits per heavy atom. The topological polar surface area (TPSA) is 60.7 Å². The third-order valence-corrected chi connectivity index (χ3v) is 2.30. The van der Waals surface area contributed by atoms with Gasteiger partial charge < -0.3 is 15.1 Å². The van der Waals surface area contributed by atoms with E-state index in [9.17, 15) is 0 Å². The molecule has 0 aliphatic rings. The van der Waals surface area contributed by atoms with Crippen LogP contribution in [0, 0.1) is 0 Å². The molecule has 0 heterocycles. The van der Waals surface area contributed by atoms with Gasteiger partial charge in [-0.3, -0.25) is 0 Å². The minimum Gasteiger partial charge on any atom is -0.402 e. The monoisotopic (exact) mass is 212 g/mol. The van der Waals surface area contributed by atoms with E-state index in [0.717, 1.165) is 54.0 Å². The molecule has 1 aromatic carbocycles. The largest absolute Gasteiger partial charge is 0.631 e. The molecule has 6 heteroatoms. The van der Waals surface area contributed by atoms with Crippen molar-refractivity contribution in [1.29, 1.82) is 0 Å². The van der Waals surface area contributed by atoms with E-state index in [1.807, 2.05) is 12.1 Å². The summed E-state index contributed by atoms with van der Waals surface area (Å²) in [5.41, 5.74) is 0. The second kappa shape index (κ2) is 7.49. The Bertz CT molecular complexity index is 193. The van der Waals surface area contributed by atoms with Gasteiger partial charge in [-0.15, -0.1) is 0 Å². The zero-order valence-electron chi connectivity index (χ0n) is 6.61. The Labute approximate surface area is 110 Å². The van der Waals surface area contributed by atoms with Crippen LogP contribution in [0.2, 0.25) is 5.02 Å². The summed E-state index contributed by atoms with van der Waals surface area (Å²) >= 11 is 6.42. The number of benzene rings is 1. The zero-order chi connectivity index (χ0) is 9.56. The van der Waals surface area contributed by atoms with Crippen molar-refractivity contribution < 1.29 is 15.1 Å². The second-order valence-electron chi connectivity index (χ2n) is 2.14. The average molecular weight is 212 g/mol. The molecule has 0 aromatic heterocycles. The first-order valence-electron chi connectivity index (χ1n) is 3.28. The summed E-state index contributed by atoms with van der Waals surface area (Å²) in [4.78, 5) is 0. The van der Waals surface area contributed by atoms with Crippen molar-refractivity contribution in [1.82, 2.24) is 0 Å². The summed E-state index contributed by atoms with van der Waals surface area (Å²) in [7, 11) is -2.17. The Hall–Kier alpha value is 1.09. The van der Waals surface area contributed by atoms with Gasteiger partial charge in [-0.1, -0.05) is 0 Å². The molecular formula is C6H7BClKO3. The van der Waals surface area contributed by atoms with E-state index in [-0.39, 0.29) is 0 Å². The maximum absolute atomic E-state index is 7.17. The predicted molar refractivity (Wildman–Crippen MR) is 49.3 cm³/mol. The molecule has 60 valence electrons. The molecule has 0 atom stereocenters. The Kier molecular flexibility index (Phi) is 8.17. The quantitative estimate of drug-likeness (QED) is 0.488. The van der Waals surface area contributed by atoms with E-state index in [1.165, 1.54) is -0.342 Å².